The van der Waals surface area contributed by atoms with Gasteiger partial charge in [0, 0.05) is 50.7 Å². The Balaban J connectivity index is 0.00000392. The van der Waals surface area contributed by atoms with Gasteiger partial charge >= 0.3 is 0 Å². The molecule has 158 valence electrons. The minimum Gasteiger partial charge on any atom is -0.381 e. The highest BCUT2D eigenvalue weighted by Crippen LogP contribution is 2.32. The van der Waals surface area contributed by atoms with Crippen LogP contribution in [0.4, 0.5) is 0 Å². The molecule has 0 unspecified atom stereocenters. The van der Waals surface area contributed by atoms with Gasteiger partial charge in [0.1, 0.15) is 0 Å². The minimum atomic E-state index is 0. The number of nitrogens with zero attached hydrogens (tertiary/aromatic N) is 2. The number of hydrogen-bond donors (Lipinski definition) is 2. The monoisotopic (exact) mass is 520 g/mol. The first-order valence-electron chi connectivity index (χ1n) is 9.45. The number of carbonyl (C=O) groups is 1. The summed E-state index contributed by atoms with van der Waals surface area (Å²) in [7, 11) is 3.52. The largest absolute Gasteiger partial charge is 0.381 e. The van der Waals surface area contributed by atoms with Gasteiger partial charge in [-0.05, 0) is 43.7 Å². The normalized spacial score (nSPS) is 16.1. The van der Waals surface area contributed by atoms with Crippen LogP contribution >= 0.6 is 35.7 Å². The molecule has 1 fully saturated rings. The van der Waals surface area contributed by atoms with E-state index in [1.165, 1.54) is 0 Å². The number of carbonyl (C=O) groups excluding carboxylic acids is 1. The van der Waals surface area contributed by atoms with Crippen molar-refractivity contribution in [1.82, 2.24) is 15.5 Å². The van der Waals surface area contributed by atoms with E-state index in [0.29, 0.717) is 12.1 Å². The SMILES string of the molecule is CCNC(=NCc1ccc(C(=O)N(C)C)cc1)NCC1(SC)CCOCC1.I. The molecule has 1 aromatic rings. The number of nitrogens with one attached hydrogen (secondary N) is 2. The highest BCUT2D eigenvalue weighted by atomic mass is 127. The van der Waals surface area contributed by atoms with Crippen molar-refractivity contribution in [3.8, 4) is 0 Å². The molecule has 1 aromatic carbocycles. The number of thioether (sulfide) groups is 1. The average molecular weight is 520 g/mol. The smallest absolute Gasteiger partial charge is 0.253 e. The van der Waals surface area contributed by atoms with Crippen molar-refractivity contribution < 1.29 is 9.53 Å². The Hall–Kier alpha value is -1.00. The van der Waals surface area contributed by atoms with Crippen LogP contribution in [-0.4, -0.2) is 68.2 Å². The van der Waals surface area contributed by atoms with Crippen LogP contribution in [-0.2, 0) is 11.3 Å². The summed E-state index contributed by atoms with van der Waals surface area (Å²) in [6, 6.07) is 7.65. The van der Waals surface area contributed by atoms with E-state index in [9.17, 15) is 4.79 Å². The zero-order valence-corrected chi connectivity index (χ0v) is 20.4. The second-order valence-electron chi connectivity index (χ2n) is 6.94. The van der Waals surface area contributed by atoms with Crippen molar-refractivity contribution in [2.45, 2.75) is 31.1 Å². The van der Waals surface area contributed by atoms with E-state index < -0.39 is 0 Å². The maximum atomic E-state index is 12.0. The Bertz CT molecular complexity index is 632. The van der Waals surface area contributed by atoms with Gasteiger partial charge in [0.2, 0.25) is 0 Å². The van der Waals surface area contributed by atoms with Gasteiger partial charge in [0.05, 0.1) is 6.54 Å². The summed E-state index contributed by atoms with van der Waals surface area (Å²) in [5, 5.41) is 6.81. The lowest BCUT2D eigenvalue weighted by Crippen LogP contribution is -2.47. The van der Waals surface area contributed by atoms with Crippen LogP contribution in [0.25, 0.3) is 0 Å². The minimum absolute atomic E-state index is 0. The van der Waals surface area contributed by atoms with Crippen molar-refractivity contribution in [2.24, 2.45) is 4.99 Å². The second kappa shape index (κ2) is 12.5. The van der Waals surface area contributed by atoms with Crippen LogP contribution in [0.1, 0.15) is 35.7 Å². The molecule has 1 saturated heterocycles. The number of guanidine groups is 1. The predicted octanol–water partition coefficient (Wildman–Crippen LogP) is 2.97. The van der Waals surface area contributed by atoms with Gasteiger partial charge < -0.3 is 20.3 Å². The summed E-state index contributed by atoms with van der Waals surface area (Å²) in [4.78, 5) is 18.3. The van der Waals surface area contributed by atoms with Crippen LogP contribution in [0.5, 0.6) is 0 Å². The molecule has 0 spiro atoms. The standard InChI is InChI=1S/C20H32N4O2S.HI/c1-5-21-19(23-15-20(27-4)10-12-26-13-11-20)22-14-16-6-8-17(9-7-16)18(25)24(2)3;/h6-9H,5,10-15H2,1-4H3,(H2,21,22,23);1H. The van der Waals surface area contributed by atoms with E-state index in [1.807, 2.05) is 36.0 Å². The molecule has 0 radical (unpaired) electrons. The fraction of sp³-hybridized carbons (Fsp3) is 0.600. The first-order valence-corrected chi connectivity index (χ1v) is 10.7. The van der Waals surface area contributed by atoms with Crippen molar-refractivity contribution in [1.29, 1.82) is 0 Å². The van der Waals surface area contributed by atoms with Crippen LogP contribution in [0, 0.1) is 0 Å². The summed E-state index contributed by atoms with van der Waals surface area (Å²) < 4.78 is 5.72. The molecule has 0 aromatic heterocycles. The van der Waals surface area contributed by atoms with Gasteiger partial charge in [-0.3, -0.25) is 4.79 Å². The number of benzene rings is 1. The molecule has 0 aliphatic carbocycles. The number of halogens is 1. The quantitative estimate of drug-likeness (QED) is 0.329. The Kier molecular flexibility index (Phi) is 11.2. The first kappa shape index (κ1) is 25.0. The van der Waals surface area contributed by atoms with Crippen molar-refractivity contribution in [3.05, 3.63) is 35.4 Å². The average Bonchev–Trinajstić information content (AvgIpc) is 2.70. The van der Waals surface area contributed by atoms with Gasteiger partial charge in [-0.25, -0.2) is 4.99 Å². The van der Waals surface area contributed by atoms with Crippen molar-refractivity contribution in [2.75, 3.05) is 46.7 Å². The number of hydrogen-bond acceptors (Lipinski definition) is 4. The fourth-order valence-corrected chi connectivity index (χ4v) is 3.76. The Labute approximate surface area is 190 Å². The maximum absolute atomic E-state index is 12.0. The van der Waals surface area contributed by atoms with E-state index in [2.05, 4.69) is 23.8 Å². The molecule has 0 atom stereocenters. The summed E-state index contributed by atoms with van der Waals surface area (Å²) in [6.07, 6.45) is 4.29. The van der Waals surface area contributed by atoms with Gasteiger partial charge in [0.15, 0.2) is 5.96 Å². The molecule has 0 saturated carbocycles. The molecule has 2 N–H and O–H groups in total. The number of amides is 1. The topological polar surface area (TPSA) is 66.0 Å². The highest BCUT2D eigenvalue weighted by molar-refractivity contribution is 14.0. The lowest BCUT2D eigenvalue weighted by Gasteiger charge is -2.36. The summed E-state index contributed by atoms with van der Waals surface area (Å²) in [6.45, 7) is 5.98. The summed E-state index contributed by atoms with van der Waals surface area (Å²) in [5.41, 5.74) is 1.77. The molecular weight excluding hydrogens is 487 g/mol. The van der Waals surface area contributed by atoms with Crippen LogP contribution in [0.15, 0.2) is 29.3 Å². The third-order valence-electron chi connectivity index (χ3n) is 4.79. The van der Waals surface area contributed by atoms with Crippen molar-refractivity contribution in [3.63, 3.8) is 0 Å². The highest BCUT2D eigenvalue weighted by Gasteiger charge is 2.31. The first-order chi connectivity index (χ1) is 13.0. The summed E-state index contributed by atoms with van der Waals surface area (Å²) in [5.74, 6) is 0.838. The number of ether oxygens (including phenoxy) is 1. The van der Waals surface area contributed by atoms with E-state index in [4.69, 9.17) is 9.73 Å². The number of rotatable bonds is 7. The fourth-order valence-electron chi connectivity index (χ4n) is 2.96. The lowest BCUT2D eigenvalue weighted by atomic mass is 9.99. The maximum Gasteiger partial charge on any atom is 0.253 e. The number of aliphatic imine (C=N–C) groups is 1. The molecule has 1 heterocycles. The zero-order valence-electron chi connectivity index (χ0n) is 17.3. The molecule has 28 heavy (non-hydrogen) atoms. The predicted molar refractivity (Wildman–Crippen MR) is 129 cm³/mol. The summed E-state index contributed by atoms with van der Waals surface area (Å²) >= 11 is 1.91. The Morgan fingerprint density at radius 2 is 1.86 bits per heavy atom. The van der Waals surface area contributed by atoms with Crippen LogP contribution < -0.4 is 10.6 Å². The second-order valence-corrected chi connectivity index (χ2v) is 8.22. The molecule has 6 nitrogen and oxygen atoms in total. The lowest BCUT2D eigenvalue weighted by molar-refractivity contribution is 0.0782. The molecular formula is C20H33IN4O2S. The van der Waals surface area contributed by atoms with Gasteiger partial charge in [-0.1, -0.05) is 12.1 Å². The third-order valence-corrected chi connectivity index (χ3v) is 6.20. The van der Waals surface area contributed by atoms with Crippen LogP contribution in [0.3, 0.4) is 0 Å². The Morgan fingerprint density at radius 3 is 2.39 bits per heavy atom. The van der Waals surface area contributed by atoms with Gasteiger partial charge in [-0.15, -0.1) is 24.0 Å². The Morgan fingerprint density at radius 1 is 1.21 bits per heavy atom. The molecule has 1 aliphatic heterocycles. The zero-order chi connectivity index (χ0) is 19.7. The van der Waals surface area contributed by atoms with E-state index in [-0.39, 0.29) is 34.6 Å². The molecule has 1 aliphatic rings. The third kappa shape index (κ3) is 7.44. The van der Waals surface area contributed by atoms with Crippen LogP contribution in [0.2, 0.25) is 0 Å². The van der Waals surface area contributed by atoms with Gasteiger partial charge in [0.25, 0.3) is 5.91 Å². The van der Waals surface area contributed by atoms with E-state index in [0.717, 1.165) is 50.7 Å². The van der Waals surface area contributed by atoms with E-state index in [1.54, 1.807) is 19.0 Å². The van der Waals surface area contributed by atoms with Crippen molar-refractivity contribution >= 4 is 47.6 Å². The van der Waals surface area contributed by atoms with Gasteiger partial charge in [-0.2, -0.15) is 11.8 Å². The molecule has 8 heteroatoms. The molecule has 1 amide bonds. The molecule has 2 rings (SSSR count). The van der Waals surface area contributed by atoms with E-state index >= 15 is 0 Å². The molecule has 0 bridgehead atoms.